The fourth-order valence-corrected chi connectivity index (χ4v) is 2.04. The van der Waals surface area contributed by atoms with Crippen LogP contribution < -0.4 is 4.90 Å². The van der Waals surface area contributed by atoms with Crippen LogP contribution in [0.2, 0.25) is 5.15 Å². The molecule has 4 nitrogen and oxygen atoms in total. The fraction of sp³-hybridized carbons (Fsp3) is 0.714. The second-order valence-corrected chi connectivity index (χ2v) is 4.98. The van der Waals surface area contributed by atoms with Gasteiger partial charge in [-0.2, -0.15) is 0 Å². The number of aromatic nitrogens is 2. The molecule has 0 atom stereocenters. The molecule has 0 saturated carbocycles. The first kappa shape index (κ1) is 16.2. The zero-order valence-electron chi connectivity index (χ0n) is 12.2. The van der Waals surface area contributed by atoms with Gasteiger partial charge < -0.3 is 9.64 Å². The molecule has 0 aliphatic rings. The maximum atomic E-state index is 6.06. The topological polar surface area (TPSA) is 38.2 Å². The smallest absolute Gasteiger partial charge is 0.158 e. The van der Waals surface area contributed by atoms with Gasteiger partial charge in [-0.15, -0.1) is 0 Å². The van der Waals surface area contributed by atoms with E-state index in [1.165, 1.54) is 12.8 Å². The van der Waals surface area contributed by atoms with Crippen molar-refractivity contribution in [2.45, 2.75) is 46.1 Å². The number of hydrogen-bond acceptors (Lipinski definition) is 4. The van der Waals surface area contributed by atoms with Crippen molar-refractivity contribution in [2.24, 2.45) is 0 Å². The molecule has 1 heterocycles. The lowest BCUT2D eigenvalue weighted by Crippen LogP contribution is -2.27. The van der Waals surface area contributed by atoms with Gasteiger partial charge in [-0.25, -0.2) is 9.97 Å². The van der Waals surface area contributed by atoms with Crippen LogP contribution in [0.1, 0.15) is 45.4 Å². The number of anilines is 1. The quantitative estimate of drug-likeness (QED) is 0.649. The van der Waals surface area contributed by atoms with Crippen LogP contribution in [-0.4, -0.2) is 30.2 Å². The summed E-state index contributed by atoms with van der Waals surface area (Å²) >= 11 is 6.06. The molecule has 1 aromatic heterocycles. The van der Waals surface area contributed by atoms with Crippen molar-refractivity contribution >= 4 is 17.4 Å². The van der Waals surface area contributed by atoms with E-state index in [9.17, 15) is 0 Å². The van der Waals surface area contributed by atoms with Crippen molar-refractivity contribution in [3.8, 4) is 0 Å². The Morgan fingerprint density at radius 1 is 1.16 bits per heavy atom. The van der Waals surface area contributed by atoms with Gasteiger partial charge in [0.05, 0.1) is 0 Å². The Kier molecular flexibility index (Phi) is 7.75. The summed E-state index contributed by atoms with van der Waals surface area (Å²) in [6.07, 6.45) is 4.66. The van der Waals surface area contributed by atoms with Gasteiger partial charge in [0.15, 0.2) is 5.82 Å². The van der Waals surface area contributed by atoms with E-state index in [2.05, 4.69) is 28.7 Å². The first-order valence-electron chi connectivity index (χ1n) is 6.98. The van der Waals surface area contributed by atoms with E-state index in [0.29, 0.717) is 17.6 Å². The first-order chi connectivity index (χ1) is 9.21. The van der Waals surface area contributed by atoms with Crippen molar-refractivity contribution in [3.05, 3.63) is 17.0 Å². The molecule has 1 aromatic rings. The molecular weight excluding hydrogens is 262 g/mol. The molecule has 0 aliphatic carbocycles. The van der Waals surface area contributed by atoms with Gasteiger partial charge in [-0.1, -0.05) is 38.3 Å². The Morgan fingerprint density at radius 2 is 1.79 bits per heavy atom. The predicted octanol–water partition coefficient (Wildman–Crippen LogP) is 3.68. The van der Waals surface area contributed by atoms with Crippen LogP contribution in [0.5, 0.6) is 0 Å². The van der Waals surface area contributed by atoms with Crippen LogP contribution in [0.4, 0.5) is 5.82 Å². The largest absolute Gasteiger partial charge is 0.377 e. The van der Waals surface area contributed by atoms with E-state index in [1.54, 1.807) is 7.11 Å². The Hall–Kier alpha value is -0.870. The maximum Gasteiger partial charge on any atom is 0.158 e. The molecule has 5 heteroatoms. The Labute approximate surface area is 121 Å². The minimum Gasteiger partial charge on any atom is -0.377 e. The molecule has 0 amide bonds. The molecule has 108 valence electrons. The van der Waals surface area contributed by atoms with Crippen LogP contribution in [0, 0.1) is 0 Å². The molecule has 0 aliphatic heterocycles. The predicted molar refractivity (Wildman–Crippen MR) is 79.8 cm³/mol. The zero-order chi connectivity index (χ0) is 14.1. The van der Waals surface area contributed by atoms with Crippen molar-refractivity contribution in [3.63, 3.8) is 0 Å². The minimum atomic E-state index is 0.392. The SMILES string of the molecule is CCCCN(CCCC)c1cc(Cl)nc(COC)n1. The average Bonchev–Trinajstić information content (AvgIpc) is 2.38. The van der Waals surface area contributed by atoms with Crippen molar-refractivity contribution in [1.29, 1.82) is 0 Å². The number of nitrogens with zero attached hydrogens (tertiary/aromatic N) is 3. The van der Waals surface area contributed by atoms with Crippen molar-refractivity contribution < 1.29 is 4.74 Å². The van der Waals surface area contributed by atoms with E-state index in [4.69, 9.17) is 16.3 Å². The van der Waals surface area contributed by atoms with E-state index < -0.39 is 0 Å². The molecule has 0 saturated heterocycles. The molecule has 0 unspecified atom stereocenters. The molecule has 0 spiro atoms. The highest BCUT2D eigenvalue weighted by Gasteiger charge is 2.10. The van der Waals surface area contributed by atoms with Gasteiger partial charge in [0.25, 0.3) is 0 Å². The van der Waals surface area contributed by atoms with E-state index in [0.717, 1.165) is 31.7 Å². The molecule has 0 bridgehead atoms. The summed E-state index contributed by atoms with van der Waals surface area (Å²) in [4.78, 5) is 11.0. The van der Waals surface area contributed by atoms with Gasteiger partial charge in [-0.05, 0) is 12.8 Å². The summed E-state index contributed by atoms with van der Waals surface area (Å²) in [6.45, 7) is 6.80. The zero-order valence-corrected chi connectivity index (χ0v) is 12.9. The highest BCUT2D eigenvalue weighted by molar-refractivity contribution is 6.29. The number of ether oxygens (including phenoxy) is 1. The fourth-order valence-electron chi connectivity index (χ4n) is 1.85. The van der Waals surface area contributed by atoms with Crippen LogP contribution in [-0.2, 0) is 11.3 Å². The molecule has 0 N–H and O–H groups in total. The molecule has 19 heavy (non-hydrogen) atoms. The van der Waals surface area contributed by atoms with Crippen LogP contribution in [0.15, 0.2) is 6.07 Å². The van der Waals surface area contributed by atoms with E-state index in [-0.39, 0.29) is 0 Å². The highest BCUT2D eigenvalue weighted by atomic mass is 35.5. The number of unbranched alkanes of at least 4 members (excludes halogenated alkanes) is 2. The Morgan fingerprint density at radius 3 is 2.32 bits per heavy atom. The monoisotopic (exact) mass is 285 g/mol. The normalized spacial score (nSPS) is 10.7. The number of halogens is 1. The average molecular weight is 286 g/mol. The first-order valence-corrected chi connectivity index (χ1v) is 7.36. The third-order valence-corrected chi connectivity index (χ3v) is 3.08. The number of methoxy groups -OCH3 is 1. The summed E-state index contributed by atoms with van der Waals surface area (Å²) in [6, 6.07) is 1.84. The lowest BCUT2D eigenvalue weighted by molar-refractivity contribution is 0.178. The third-order valence-electron chi connectivity index (χ3n) is 2.89. The summed E-state index contributed by atoms with van der Waals surface area (Å²) in [5.41, 5.74) is 0. The Balaban J connectivity index is 2.85. The Bertz CT molecular complexity index is 366. The molecular formula is C14H24ClN3O. The molecule has 1 rings (SSSR count). The van der Waals surface area contributed by atoms with E-state index in [1.807, 2.05) is 6.07 Å². The second-order valence-electron chi connectivity index (χ2n) is 4.59. The summed E-state index contributed by atoms with van der Waals surface area (Å²) in [5, 5.41) is 0.482. The minimum absolute atomic E-state index is 0.392. The van der Waals surface area contributed by atoms with Crippen LogP contribution in [0.25, 0.3) is 0 Å². The van der Waals surface area contributed by atoms with Crippen LogP contribution >= 0.6 is 11.6 Å². The lowest BCUT2D eigenvalue weighted by Gasteiger charge is -2.24. The van der Waals surface area contributed by atoms with Gasteiger partial charge in [0.1, 0.15) is 17.6 Å². The molecule has 0 fully saturated rings. The van der Waals surface area contributed by atoms with Gasteiger partial charge in [-0.3, -0.25) is 0 Å². The summed E-state index contributed by atoms with van der Waals surface area (Å²) in [7, 11) is 1.63. The van der Waals surface area contributed by atoms with Gasteiger partial charge in [0, 0.05) is 26.3 Å². The summed E-state index contributed by atoms with van der Waals surface area (Å²) < 4.78 is 5.08. The maximum absolute atomic E-state index is 6.06. The highest BCUT2D eigenvalue weighted by Crippen LogP contribution is 2.18. The second kappa shape index (κ2) is 9.10. The van der Waals surface area contributed by atoms with Gasteiger partial charge >= 0.3 is 0 Å². The lowest BCUT2D eigenvalue weighted by atomic mass is 10.2. The number of rotatable bonds is 9. The molecule has 0 aromatic carbocycles. The van der Waals surface area contributed by atoms with Gasteiger partial charge in [0.2, 0.25) is 0 Å². The third kappa shape index (κ3) is 5.74. The van der Waals surface area contributed by atoms with Crippen LogP contribution in [0.3, 0.4) is 0 Å². The molecule has 0 radical (unpaired) electrons. The number of hydrogen-bond donors (Lipinski definition) is 0. The van der Waals surface area contributed by atoms with Crippen molar-refractivity contribution in [1.82, 2.24) is 9.97 Å². The van der Waals surface area contributed by atoms with Crippen molar-refractivity contribution in [2.75, 3.05) is 25.1 Å². The van der Waals surface area contributed by atoms with E-state index >= 15 is 0 Å². The summed E-state index contributed by atoms with van der Waals surface area (Å²) in [5.74, 6) is 1.55. The standard InChI is InChI=1S/C14H24ClN3O/c1-4-6-8-18(9-7-5-2)14-10-12(15)16-13(17-14)11-19-3/h10H,4-9,11H2,1-3H3.